The Morgan fingerprint density at radius 3 is 2.55 bits per heavy atom. The quantitative estimate of drug-likeness (QED) is 0.149. The number of hydrogen-bond donors (Lipinski definition) is 4. The minimum Gasteiger partial charge on any atom is -0.508 e. The summed E-state index contributed by atoms with van der Waals surface area (Å²) < 4.78 is 13.4. The van der Waals surface area contributed by atoms with Gasteiger partial charge in [0, 0.05) is 23.6 Å². The lowest BCUT2D eigenvalue weighted by atomic mass is 9.44. The molecular weight excluding hydrogens is 795 g/mol. The monoisotopic (exact) mass is 859 g/mol. The Morgan fingerprint density at radius 1 is 0.859 bits per heavy atom. The summed E-state index contributed by atoms with van der Waals surface area (Å²) in [6.45, 7) is 3.99. The maximum atomic E-state index is 15.0. The number of cyclic esters (lactones) is 2. The van der Waals surface area contributed by atoms with Crippen molar-refractivity contribution in [3.8, 4) is 16.9 Å². The van der Waals surface area contributed by atoms with E-state index in [1.165, 1.54) is 43.2 Å². The Kier molecular flexibility index (Phi) is 10.9. The predicted molar refractivity (Wildman–Crippen MR) is 250 cm³/mol. The largest absolute Gasteiger partial charge is 0.508 e. The molecule has 2 saturated heterocycles. The van der Waals surface area contributed by atoms with Gasteiger partial charge < -0.3 is 30.5 Å². The third-order valence-corrected chi connectivity index (χ3v) is 17.7. The second kappa shape index (κ2) is 16.6. The Bertz CT molecular complexity index is 2500. The van der Waals surface area contributed by atoms with Crippen LogP contribution in [-0.2, 0) is 32.0 Å². The highest BCUT2D eigenvalue weighted by molar-refractivity contribution is 6.07. The van der Waals surface area contributed by atoms with E-state index in [9.17, 15) is 9.90 Å². The van der Waals surface area contributed by atoms with Crippen molar-refractivity contribution >= 4 is 17.5 Å². The number of esters is 2. The number of allylic oxidation sites excluding steroid dienone is 5. The average Bonchev–Trinajstić information content (AvgIpc) is 4.00. The first kappa shape index (κ1) is 41.9. The zero-order valence-corrected chi connectivity index (χ0v) is 37.9. The third kappa shape index (κ3) is 6.63. The van der Waals surface area contributed by atoms with E-state index in [2.05, 4.69) is 90.6 Å². The summed E-state index contributed by atoms with van der Waals surface area (Å²) in [6.07, 6.45) is 17.0. The van der Waals surface area contributed by atoms with Gasteiger partial charge >= 0.3 is 11.9 Å². The first-order chi connectivity index (χ1) is 31.3. The maximum absolute atomic E-state index is 15.0. The number of fused-ring (bicyclic) bond motifs is 2. The molecule has 9 atom stereocenters. The first-order valence-electron chi connectivity index (χ1n) is 24.6. The van der Waals surface area contributed by atoms with E-state index >= 15 is 4.79 Å². The van der Waals surface area contributed by atoms with Crippen LogP contribution in [-0.4, -0.2) is 43.9 Å². The summed E-state index contributed by atoms with van der Waals surface area (Å²) in [5.74, 6) is 2.64. The van der Waals surface area contributed by atoms with Crippen LogP contribution in [0.5, 0.6) is 5.75 Å². The highest BCUT2D eigenvalue weighted by atomic mass is 16.6. The van der Waals surface area contributed by atoms with Gasteiger partial charge in [0.25, 0.3) is 0 Å². The molecule has 0 aromatic heterocycles. The van der Waals surface area contributed by atoms with Crippen LogP contribution in [0.15, 0.2) is 113 Å². The first-order valence-corrected chi connectivity index (χ1v) is 24.6. The summed E-state index contributed by atoms with van der Waals surface area (Å²) in [7, 11) is 4.03. The van der Waals surface area contributed by atoms with Crippen LogP contribution in [0.4, 0.5) is 0 Å². The minimum absolute atomic E-state index is 0.0110. The number of hydrogen-bond acceptors (Lipinski definition) is 8. The number of nitrogens with one attached hydrogen (secondary N) is 3. The van der Waals surface area contributed by atoms with Crippen LogP contribution in [0.1, 0.15) is 107 Å². The van der Waals surface area contributed by atoms with Gasteiger partial charge in [-0.25, -0.2) is 9.59 Å². The lowest BCUT2D eigenvalue weighted by Gasteiger charge is -2.56. The Labute approximate surface area is 379 Å². The molecule has 9 aliphatic rings. The molecular formula is C56H65N3O5. The van der Waals surface area contributed by atoms with E-state index in [1.54, 1.807) is 6.07 Å². The molecule has 6 aliphatic carbocycles. The molecule has 334 valence electrons. The Morgan fingerprint density at radius 2 is 1.72 bits per heavy atom. The lowest BCUT2D eigenvalue weighted by Crippen LogP contribution is -2.52. The molecule has 3 aliphatic heterocycles. The molecule has 0 amide bonds. The normalized spacial score (nSPS) is 34.1. The van der Waals surface area contributed by atoms with Crippen molar-refractivity contribution in [2.45, 2.75) is 110 Å². The third-order valence-electron chi connectivity index (χ3n) is 17.7. The average molecular weight is 860 g/mol. The number of rotatable bonds is 10. The number of piperidine rings is 1. The van der Waals surface area contributed by atoms with Crippen LogP contribution < -0.4 is 16.0 Å². The van der Waals surface area contributed by atoms with Gasteiger partial charge in [-0.15, -0.1) is 0 Å². The maximum Gasteiger partial charge on any atom is 0.340 e. The van der Waals surface area contributed by atoms with Crippen molar-refractivity contribution in [2.75, 3.05) is 20.6 Å². The fourth-order valence-electron chi connectivity index (χ4n) is 15.0. The van der Waals surface area contributed by atoms with E-state index in [4.69, 9.17) is 9.47 Å². The van der Waals surface area contributed by atoms with Crippen molar-refractivity contribution in [2.24, 2.45) is 46.3 Å². The number of aromatic hydroxyl groups is 1. The van der Waals surface area contributed by atoms with Gasteiger partial charge in [-0.1, -0.05) is 67.9 Å². The molecule has 1 spiro atoms. The molecule has 3 saturated carbocycles. The van der Waals surface area contributed by atoms with Crippen molar-refractivity contribution in [1.29, 1.82) is 0 Å². The number of carbonyl (C=O) groups excluding carboxylic acids is 2. The summed E-state index contributed by atoms with van der Waals surface area (Å²) in [4.78, 5) is 30.0. The van der Waals surface area contributed by atoms with Crippen LogP contribution >= 0.6 is 0 Å². The molecule has 3 aromatic carbocycles. The molecule has 5 fully saturated rings. The molecule has 2 bridgehead atoms. The van der Waals surface area contributed by atoms with Crippen LogP contribution in [0.3, 0.4) is 0 Å². The molecule has 8 heteroatoms. The van der Waals surface area contributed by atoms with Gasteiger partial charge in [0.2, 0.25) is 0 Å². The van der Waals surface area contributed by atoms with Gasteiger partial charge in [0.05, 0.1) is 17.2 Å². The van der Waals surface area contributed by atoms with E-state index in [0.29, 0.717) is 17.7 Å². The van der Waals surface area contributed by atoms with E-state index in [-0.39, 0.29) is 46.8 Å². The van der Waals surface area contributed by atoms with Gasteiger partial charge in [0.15, 0.2) is 0 Å². The highest BCUT2D eigenvalue weighted by Gasteiger charge is 2.69. The molecule has 12 rings (SSSR count). The number of carbonyl (C=O) groups is 2. The van der Waals surface area contributed by atoms with Gasteiger partial charge in [-0.05, 0) is 202 Å². The Balaban J connectivity index is 1.07. The summed E-state index contributed by atoms with van der Waals surface area (Å²) in [5, 5.41) is 21.8. The number of benzene rings is 3. The van der Waals surface area contributed by atoms with E-state index in [0.717, 1.165) is 127 Å². The molecule has 8 nitrogen and oxygen atoms in total. The summed E-state index contributed by atoms with van der Waals surface area (Å²) in [5.41, 5.74) is 9.75. The van der Waals surface area contributed by atoms with Crippen molar-refractivity contribution in [3.63, 3.8) is 0 Å². The van der Waals surface area contributed by atoms with Crippen LogP contribution in [0.25, 0.3) is 16.7 Å². The predicted octanol–water partition coefficient (Wildman–Crippen LogP) is 10.3. The molecule has 3 aromatic rings. The fraction of sp³-hybridized carbons (Fsp3) is 0.500. The molecule has 3 heterocycles. The zero-order valence-electron chi connectivity index (χ0n) is 37.9. The SMILES string of the molecule is CC[C@H](/C=C1\OC(=O)C2=C(c3cc(O)ccc3-c3cccc(CNC)c3)[C@@H]3CC[C@@]21[C@H]1C2=C(CC[C@@H]31)C(=C1CC[C@@H]3CCC[C@@]3([C@@H]3CCN[C@H](NC)C3)C1)OC2=O)Cc1ccccc1. The van der Waals surface area contributed by atoms with Crippen molar-refractivity contribution < 1.29 is 24.2 Å². The van der Waals surface area contributed by atoms with E-state index < -0.39 is 5.41 Å². The standard InChI is InChI=1S/C56H65N3O5/c1-4-33(26-34-10-6-5-7-11-34)28-46-56-24-21-42(48(51(56)54(62)63-46)45-30-40(60)17-18-41(45)36-13-8-12-35(27-36)32-57-2)43-19-20-44-49(50(43)56)53(61)64-52(44)37-15-16-38-14-9-23-55(38,31-37)39-22-25-59-47(29-39)58-3/h5-8,10-13,17-18,27-28,30,33,38-39,42-43,47,50,57-60H,4,9,14-16,19-26,29,31-32H2,1-3H3/b46-28-,52-37?/t33-,38-,39+,42+,43-,47-,50+,55+,56+/m0/s1. The lowest BCUT2D eigenvalue weighted by molar-refractivity contribution is -0.135. The van der Waals surface area contributed by atoms with Crippen molar-refractivity contribution in [1.82, 2.24) is 16.0 Å². The summed E-state index contributed by atoms with van der Waals surface area (Å²) in [6, 6.07) is 24.8. The second-order valence-electron chi connectivity index (χ2n) is 20.6. The number of phenols is 1. The molecule has 4 N–H and O–H groups in total. The highest BCUT2D eigenvalue weighted by Crippen LogP contribution is 2.72. The molecule has 0 unspecified atom stereocenters. The molecule has 0 radical (unpaired) electrons. The fourth-order valence-corrected chi connectivity index (χ4v) is 15.0. The van der Waals surface area contributed by atoms with E-state index in [1.807, 2.05) is 19.2 Å². The molecule has 64 heavy (non-hydrogen) atoms. The van der Waals surface area contributed by atoms with Crippen LogP contribution in [0, 0.1) is 46.3 Å². The smallest absolute Gasteiger partial charge is 0.340 e. The second-order valence-corrected chi connectivity index (χ2v) is 20.6. The topological polar surface area (TPSA) is 109 Å². The Hall–Kier alpha value is -4.76. The van der Waals surface area contributed by atoms with Gasteiger partial charge in [-0.3, -0.25) is 0 Å². The summed E-state index contributed by atoms with van der Waals surface area (Å²) >= 11 is 0. The van der Waals surface area contributed by atoms with Gasteiger partial charge in [-0.2, -0.15) is 0 Å². The number of ether oxygens (including phenoxy) is 2. The zero-order chi connectivity index (χ0) is 43.7. The van der Waals surface area contributed by atoms with Crippen LogP contribution in [0.2, 0.25) is 0 Å². The van der Waals surface area contributed by atoms with Gasteiger partial charge in [0.1, 0.15) is 17.3 Å². The van der Waals surface area contributed by atoms with Crippen molar-refractivity contribution in [3.05, 3.63) is 129 Å². The minimum atomic E-state index is -0.825. The number of phenolic OH excluding ortho intramolecular Hbond substituents is 1.